The van der Waals surface area contributed by atoms with Crippen molar-refractivity contribution in [2.24, 2.45) is 10.8 Å². The van der Waals surface area contributed by atoms with Gasteiger partial charge in [0.1, 0.15) is 0 Å². The Labute approximate surface area is 83.4 Å². The number of benzene rings is 1. The summed E-state index contributed by atoms with van der Waals surface area (Å²) >= 11 is 0. The second kappa shape index (κ2) is 6.02. The number of hydrogen-bond donors (Lipinski definition) is 1. The van der Waals surface area contributed by atoms with Crippen molar-refractivity contribution in [3.63, 3.8) is 0 Å². The Morgan fingerprint density at radius 1 is 1.36 bits per heavy atom. The lowest BCUT2D eigenvalue weighted by Crippen LogP contribution is -2.10. The number of nitrogens with two attached hydrogens (primary N) is 1. The van der Waals surface area contributed by atoms with Gasteiger partial charge in [0.25, 0.3) is 0 Å². The highest BCUT2D eigenvalue weighted by atomic mass is 15.1. The fraction of sp³-hybridized carbons (Fsp3) is 0.400. The molecule has 1 atom stereocenters. The van der Waals surface area contributed by atoms with Crippen molar-refractivity contribution < 1.29 is 0 Å². The van der Waals surface area contributed by atoms with Crippen LogP contribution in [0, 0.1) is 0 Å². The topological polar surface area (TPSA) is 74.8 Å². The molecule has 0 saturated heterocycles. The Hall–Kier alpha value is -1.51. The molecule has 4 nitrogen and oxygen atoms in total. The van der Waals surface area contributed by atoms with Gasteiger partial charge in [0.2, 0.25) is 0 Å². The van der Waals surface area contributed by atoms with E-state index in [0.717, 1.165) is 18.4 Å². The van der Waals surface area contributed by atoms with Gasteiger partial charge in [-0.3, -0.25) is 0 Å². The molecule has 74 valence electrons. The molecule has 0 spiro atoms. The maximum Gasteiger partial charge on any atom is 0.0294 e. The summed E-state index contributed by atoms with van der Waals surface area (Å²) in [6.45, 7) is 0.525. The van der Waals surface area contributed by atoms with Crippen molar-refractivity contribution in [1.82, 2.24) is 0 Å². The molecule has 0 aliphatic rings. The van der Waals surface area contributed by atoms with Gasteiger partial charge in [-0.25, -0.2) is 0 Å². The molecule has 0 saturated carbocycles. The first-order chi connectivity index (χ1) is 6.84. The van der Waals surface area contributed by atoms with E-state index in [9.17, 15) is 0 Å². The highest BCUT2D eigenvalue weighted by Crippen LogP contribution is 2.14. The van der Waals surface area contributed by atoms with E-state index in [4.69, 9.17) is 11.3 Å². The van der Waals surface area contributed by atoms with E-state index in [-0.39, 0.29) is 6.04 Å². The van der Waals surface area contributed by atoms with Crippen LogP contribution in [0.5, 0.6) is 0 Å². The van der Waals surface area contributed by atoms with Crippen molar-refractivity contribution in [2.75, 3.05) is 6.54 Å². The summed E-state index contributed by atoms with van der Waals surface area (Å²) in [6, 6.07) is 9.99. The summed E-state index contributed by atoms with van der Waals surface area (Å²) in [7, 11) is 0. The van der Waals surface area contributed by atoms with E-state index in [1.807, 2.05) is 30.3 Å². The Morgan fingerprint density at radius 3 is 2.71 bits per heavy atom. The molecule has 0 radical (unpaired) electrons. The highest BCUT2D eigenvalue weighted by Gasteiger charge is 2.03. The molecule has 1 aromatic carbocycles. The summed E-state index contributed by atoms with van der Waals surface area (Å²) in [5.41, 5.74) is 15.2. The number of azide groups is 1. The van der Waals surface area contributed by atoms with Gasteiger partial charge >= 0.3 is 0 Å². The molecule has 1 rings (SSSR count). The number of nitrogens with zero attached hydrogens (tertiary/aromatic N) is 3. The molecular formula is C10H14N4. The molecule has 0 aliphatic carbocycles. The fourth-order valence-corrected chi connectivity index (χ4v) is 1.29. The molecule has 0 aromatic heterocycles. The third-order valence-electron chi connectivity index (χ3n) is 2.06. The summed E-state index contributed by atoms with van der Waals surface area (Å²) in [5.74, 6) is 0. The van der Waals surface area contributed by atoms with Crippen molar-refractivity contribution in [2.45, 2.75) is 18.9 Å². The summed E-state index contributed by atoms with van der Waals surface area (Å²) in [6.07, 6.45) is 1.68. The van der Waals surface area contributed by atoms with Gasteiger partial charge in [0, 0.05) is 17.5 Å². The van der Waals surface area contributed by atoms with Crippen LogP contribution in [0.3, 0.4) is 0 Å². The van der Waals surface area contributed by atoms with Crippen LogP contribution >= 0.6 is 0 Å². The smallest absolute Gasteiger partial charge is 0.0294 e. The predicted molar refractivity (Wildman–Crippen MR) is 56.6 cm³/mol. The van der Waals surface area contributed by atoms with E-state index >= 15 is 0 Å². The molecule has 0 bridgehead atoms. The highest BCUT2D eigenvalue weighted by molar-refractivity contribution is 5.18. The molecule has 0 fully saturated rings. The van der Waals surface area contributed by atoms with Crippen LogP contribution in [0.2, 0.25) is 0 Å². The van der Waals surface area contributed by atoms with Crippen molar-refractivity contribution in [3.8, 4) is 0 Å². The average molecular weight is 190 g/mol. The maximum absolute atomic E-state index is 8.08. The first-order valence-electron chi connectivity index (χ1n) is 4.66. The minimum Gasteiger partial charge on any atom is -0.324 e. The predicted octanol–water partition coefficient (Wildman–Crippen LogP) is 2.78. The normalized spacial score (nSPS) is 11.8. The first-order valence-corrected chi connectivity index (χ1v) is 4.66. The lowest BCUT2D eigenvalue weighted by atomic mass is 10.0. The summed E-state index contributed by atoms with van der Waals surface area (Å²) < 4.78 is 0. The standard InChI is InChI=1S/C10H14N4/c11-10(7-4-8-13-14-12)9-5-2-1-3-6-9/h1-3,5-6,10H,4,7-8,11H2. The molecular weight excluding hydrogens is 176 g/mol. The molecule has 0 heterocycles. The van der Waals surface area contributed by atoms with E-state index in [1.165, 1.54) is 0 Å². The van der Waals surface area contributed by atoms with Gasteiger partial charge in [0.15, 0.2) is 0 Å². The van der Waals surface area contributed by atoms with Gasteiger partial charge < -0.3 is 5.73 Å². The summed E-state index contributed by atoms with van der Waals surface area (Å²) in [5, 5.41) is 3.46. The lowest BCUT2D eigenvalue weighted by Gasteiger charge is -2.10. The Bertz CT molecular complexity index is 303. The Kier molecular flexibility index (Phi) is 4.55. The molecule has 0 amide bonds. The minimum atomic E-state index is 0.0464. The lowest BCUT2D eigenvalue weighted by molar-refractivity contribution is 0.617. The van der Waals surface area contributed by atoms with E-state index in [1.54, 1.807) is 0 Å². The quantitative estimate of drug-likeness (QED) is 0.329. The molecule has 4 heteroatoms. The van der Waals surface area contributed by atoms with Crippen LogP contribution in [-0.4, -0.2) is 6.54 Å². The van der Waals surface area contributed by atoms with E-state index in [2.05, 4.69) is 10.0 Å². The van der Waals surface area contributed by atoms with Crippen LogP contribution in [-0.2, 0) is 0 Å². The zero-order valence-electron chi connectivity index (χ0n) is 8.00. The SMILES string of the molecule is [N-]=[N+]=NCCCC(N)c1ccccc1. The third kappa shape index (κ3) is 3.47. The van der Waals surface area contributed by atoms with Crippen LogP contribution < -0.4 is 5.73 Å². The van der Waals surface area contributed by atoms with Crippen LogP contribution in [0.1, 0.15) is 24.4 Å². The maximum atomic E-state index is 8.08. The zero-order valence-corrected chi connectivity index (χ0v) is 8.00. The van der Waals surface area contributed by atoms with Gasteiger partial charge in [-0.15, -0.1) is 0 Å². The molecule has 1 aromatic rings. The second-order valence-electron chi connectivity index (χ2n) is 3.11. The van der Waals surface area contributed by atoms with E-state index < -0.39 is 0 Å². The van der Waals surface area contributed by atoms with Crippen LogP contribution in [0.25, 0.3) is 10.4 Å². The Balaban J connectivity index is 2.35. The van der Waals surface area contributed by atoms with Crippen molar-refractivity contribution in [3.05, 3.63) is 46.3 Å². The first kappa shape index (κ1) is 10.6. The van der Waals surface area contributed by atoms with Gasteiger partial charge in [-0.2, -0.15) is 0 Å². The zero-order chi connectivity index (χ0) is 10.2. The molecule has 2 N–H and O–H groups in total. The third-order valence-corrected chi connectivity index (χ3v) is 2.06. The van der Waals surface area contributed by atoms with Crippen molar-refractivity contribution in [1.29, 1.82) is 0 Å². The molecule has 1 unspecified atom stereocenters. The number of hydrogen-bond acceptors (Lipinski definition) is 2. The fourth-order valence-electron chi connectivity index (χ4n) is 1.29. The monoisotopic (exact) mass is 190 g/mol. The minimum absolute atomic E-state index is 0.0464. The van der Waals surface area contributed by atoms with Gasteiger partial charge in [-0.1, -0.05) is 35.4 Å². The van der Waals surface area contributed by atoms with E-state index in [0.29, 0.717) is 6.54 Å². The van der Waals surface area contributed by atoms with Crippen LogP contribution in [0.15, 0.2) is 35.4 Å². The Morgan fingerprint density at radius 2 is 2.07 bits per heavy atom. The van der Waals surface area contributed by atoms with Gasteiger partial charge in [-0.05, 0) is 23.9 Å². The van der Waals surface area contributed by atoms with Crippen molar-refractivity contribution >= 4 is 0 Å². The number of rotatable bonds is 5. The average Bonchev–Trinajstić information content (AvgIpc) is 2.25. The summed E-state index contributed by atoms with van der Waals surface area (Å²) in [4.78, 5) is 2.69. The molecule has 14 heavy (non-hydrogen) atoms. The molecule has 0 aliphatic heterocycles. The second-order valence-corrected chi connectivity index (χ2v) is 3.11. The largest absolute Gasteiger partial charge is 0.324 e. The van der Waals surface area contributed by atoms with Gasteiger partial charge in [0.05, 0.1) is 0 Å². The van der Waals surface area contributed by atoms with Crippen LogP contribution in [0.4, 0.5) is 0 Å².